The first-order valence-electron chi connectivity index (χ1n) is 6.61. The summed E-state index contributed by atoms with van der Waals surface area (Å²) in [7, 11) is -4.04. The molecular formula is C14H16ClN3O3S. The van der Waals surface area contributed by atoms with Crippen LogP contribution in [0.5, 0.6) is 0 Å². The number of amides is 1. The molecule has 0 radical (unpaired) electrons. The minimum atomic E-state index is -4.04. The monoisotopic (exact) mass is 341 g/mol. The van der Waals surface area contributed by atoms with Crippen LogP contribution in [0.2, 0.25) is 5.02 Å². The zero-order chi connectivity index (χ0) is 16.5. The van der Waals surface area contributed by atoms with Gasteiger partial charge in [0.2, 0.25) is 0 Å². The van der Waals surface area contributed by atoms with E-state index in [1.54, 1.807) is 23.6 Å². The van der Waals surface area contributed by atoms with Crippen LogP contribution in [0.1, 0.15) is 28.7 Å². The highest BCUT2D eigenvalue weighted by atomic mass is 35.5. The van der Waals surface area contributed by atoms with Crippen LogP contribution in [0.15, 0.2) is 29.4 Å². The molecular weight excluding hydrogens is 326 g/mol. The summed E-state index contributed by atoms with van der Waals surface area (Å²) >= 11 is 5.98. The summed E-state index contributed by atoms with van der Waals surface area (Å²) < 4.78 is 28.1. The molecule has 0 aliphatic heterocycles. The van der Waals surface area contributed by atoms with Crippen LogP contribution in [-0.2, 0) is 16.6 Å². The molecule has 8 heteroatoms. The van der Waals surface area contributed by atoms with E-state index in [4.69, 9.17) is 11.6 Å². The molecule has 1 amide bonds. The lowest BCUT2D eigenvalue weighted by atomic mass is 10.1. The van der Waals surface area contributed by atoms with E-state index in [-0.39, 0.29) is 15.6 Å². The summed E-state index contributed by atoms with van der Waals surface area (Å²) in [5.41, 5.74) is 0.976. The first-order valence-corrected chi connectivity index (χ1v) is 8.47. The van der Waals surface area contributed by atoms with Crippen molar-refractivity contribution in [3.63, 3.8) is 0 Å². The lowest BCUT2D eigenvalue weighted by Gasteiger charge is -2.06. The summed E-state index contributed by atoms with van der Waals surface area (Å²) in [6.07, 6.45) is 1.39. The molecule has 6 nitrogen and oxygen atoms in total. The standard InChI is InChI=1S/C14H16ClN3O3S/c1-4-18-8-13(16-10(18)3)22(20,21)17-14(19)11-6-5-9(2)7-12(11)15/h5-8H,4H2,1-3H3,(H,17,19). The smallest absolute Gasteiger partial charge is 0.283 e. The zero-order valence-corrected chi connectivity index (χ0v) is 14.0. The summed E-state index contributed by atoms with van der Waals surface area (Å²) in [6.45, 7) is 5.98. The highest BCUT2D eigenvalue weighted by Gasteiger charge is 2.23. The second kappa shape index (κ2) is 6.10. The van der Waals surface area contributed by atoms with Crippen LogP contribution in [-0.4, -0.2) is 23.9 Å². The highest BCUT2D eigenvalue weighted by Crippen LogP contribution is 2.18. The van der Waals surface area contributed by atoms with Gasteiger partial charge in [0.25, 0.3) is 15.9 Å². The quantitative estimate of drug-likeness (QED) is 0.925. The fourth-order valence-corrected chi connectivity index (χ4v) is 3.26. The zero-order valence-electron chi connectivity index (χ0n) is 12.4. The Labute approximate surface area is 134 Å². The Hall–Kier alpha value is -1.86. The molecule has 0 saturated heterocycles. The molecule has 1 heterocycles. The Morgan fingerprint density at radius 3 is 2.59 bits per heavy atom. The van der Waals surface area contributed by atoms with Gasteiger partial charge in [0.1, 0.15) is 5.82 Å². The number of hydrogen-bond donors (Lipinski definition) is 1. The molecule has 118 valence electrons. The third-order valence-electron chi connectivity index (χ3n) is 3.17. The Balaban J connectivity index is 2.29. The molecule has 0 aliphatic carbocycles. The number of sulfonamides is 1. The number of imidazole rings is 1. The maximum absolute atomic E-state index is 12.2. The van der Waals surface area contributed by atoms with E-state index in [9.17, 15) is 13.2 Å². The fraction of sp³-hybridized carbons (Fsp3) is 0.286. The van der Waals surface area contributed by atoms with Gasteiger partial charge < -0.3 is 4.57 Å². The van der Waals surface area contributed by atoms with Crippen LogP contribution in [0, 0.1) is 13.8 Å². The molecule has 1 aromatic carbocycles. The largest absolute Gasteiger partial charge is 0.334 e. The number of rotatable bonds is 4. The van der Waals surface area contributed by atoms with Crippen LogP contribution >= 0.6 is 11.6 Å². The lowest BCUT2D eigenvalue weighted by Crippen LogP contribution is -2.31. The fourth-order valence-electron chi connectivity index (χ4n) is 1.96. The Morgan fingerprint density at radius 2 is 2.05 bits per heavy atom. The average molecular weight is 342 g/mol. The van der Waals surface area contributed by atoms with E-state index < -0.39 is 15.9 Å². The van der Waals surface area contributed by atoms with Crippen molar-refractivity contribution in [2.75, 3.05) is 0 Å². The van der Waals surface area contributed by atoms with Crippen LogP contribution in [0.25, 0.3) is 0 Å². The summed E-state index contributed by atoms with van der Waals surface area (Å²) in [6, 6.07) is 4.76. The van der Waals surface area contributed by atoms with Crippen LogP contribution < -0.4 is 4.72 Å². The molecule has 0 aliphatic rings. The molecule has 2 aromatic rings. The number of nitrogens with zero attached hydrogens (tertiary/aromatic N) is 2. The van der Waals surface area contributed by atoms with Gasteiger partial charge in [-0.2, -0.15) is 8.42 Å². The number of carbonyl (C=O) groups excluding carboxylic acids is 1. The van der Waals surface area contributed by atoms with Gasteiger partial charge in [0, 0.05) is 12.7 Å². The van der Waals surface area contributed by atoms with Crippen LogP contribution in [0.3, 0.4) is 0 Å². The predicted octanol–water partition coefficient (Wildman–Crippen LogP) is 2.29. The predicted molar refractivity (Wildman–Crippen MR) is 83.5 cm³/mol. The number of benzene rings is 1. The van der Waals surface area contributed by atoms with E-state index in [0.717, 1.165) is 5.56 Å². The molecule has 0 atom stereocenters. The molecule has 0 unspecified atom stereocenters. The minimum absolute atomic E-state index is 0.0995. The maximum atomic E-state index is 12.2. The highest BCUT2D eigenvalue weighted by molar-refractivity contribution is 7.90. The normalized spacial score (nSPS) is 11.5. The van der Waals surface area contributed by atoms with Gasteiger partial charge in [-0.25, -0.2) is 9.71 Å². The lowest BCUT2D eigenvalue weighted by molar-refractivity contribution is 0.0981. The van der Waals surface area contributed by atoms with Crippen LogP contribution in [0.4, 0.5) is 0 Å². The molecule has 0 fully saturated rings. The van der Waals surface area contributed by atoms with Gasteiger partial charge in [-0.15, -0.1) is 0 Å². The minimum Gasteiger partial charge on any atom is -0.334 e. The number of nitrogens with one attached hydrogen (secondary N) is 1. The Bertz CT molecular complexity index is 828. The SMILES string of the molecule is CCn1cc(S(=O)(=O)NC(=O)c2ccc(C)cc2Cl)nc1C. The van der Waals surface area contributed by atoms with Gasteiger partial charge in [0.05, 0.1) is 10.6 Å². The Morgan fingerprint density at radius 1 is 1.36 bits per heavy atom. The maximum Gasteiger partial charge on any atom is 0.283 e. The van der Waals surface area contributed by atoms with Crippen molar-refractivity contribution in [2.45, 2.75) is 32.3 Å². The van der Waals surface area contributed by atoms with E-state index in [2.05, 4.69) is 4.98 Å². The van der Waals surface area contributed by atoms with Crippen molar-refractivity contribution in [3.8, 4) is 0 Å². The summed E-state index contributed by atoms with van der Waals surface area (Å²) in [5.74, 6) is -0.225. The number of aryl methyl sites for hydroxylation is 3. The van der Waals surface area contributed by atoms with E-state index >= 15 is 0 Å². The van der Waals surface area contributed by atoms with Crippen molar-refractivity contribution in [1.29, 1.82) is 0 Å². The van der Waals surface area contributed by atoms with Gasteiger partial charge in [-0.05, 0) is 38.5 Å². The first kappa shape index (κ1) is 16.5. The third-order valence-corrected chi connectivity index (χ3v) is 4.68. The van der Waals surface area contributed by atoms with Crippen molar-refractivity contribution in [3.05, 3.63) is 46.4 Å². The molecule has 1 N–H and O–H groups in total. The van der Waals surface area contributed by atoms with Gasteiger partial charge in [-0.3, -0.25) is 4.79 Å². The molecule has 1 aromatic heterocycles. The average Bonchev–Trinajstić information content (AvgIpc) is 2.80. The third kappa shape index (κ3) is 3.31. The van der Waals surface area contributed by atoms with Crippen molar-refractivity contribution in [1.82, 2.24) is 14.3 Å². The topological polar surface area (TPSA) is 81.1 Å². The second-order valence-corrected chi connectivity index (χ2v) is 6.87. The Kier molecular flexibility index (Phi) is 4.58. The molecule has 22 heavy (non-hydrogen) atoms. The second-order valence-electron chi connectivity index (χ2n) is 4.83. The number of aromatic nitrogens is 2. The van der Waals surface area contributed by atoms with E-state index in [1.807, 2.05) is 18.6 Å². The van der Waals surface area contributed by atoms with Crippen molar-refractivity contribution < 1.29 is 13.2 Å². The molecule has 0 bridgehead atoms. The van der Waals surface area contributed by atoms with Gasteiger partial charge in [-0.1, -0.05) is 17.7 Å². The first-order chi connectivity index (χ1) is 10.2. The van der Waals surface area contributed by atoms with Crippen molar-refractivity contribution in [2.24, 2.45) is 0 Å². The molecule has 0 spiro atoms. The van der Waals surface area contributed by atoms with Gasteiger partial charge >= 0.3 is 0 Å². The van der Waals surface area contributed by atoms with E-state index in [1.165, 1.54) is 12.3 Å². The number of carbonyl (C=O) groups is 1. The summed E-state index contributed by atoms with van der Waals surface area (Å²) in [4.78, 5) is 16.1. The molecule has 2 rings (SSSR count). The number of halogens is 1. The van der Waals surface area contributed by atoms with Crippen molar-refractivity contribution >= 4 is 27.5 Å². The van der Waals surface area contributed by atoms with Gasteiger partial charge in [0.15, 0.2) is 5.03 Å². The summed E-state index contributed by atoms with van der Waals surface area (Å²) in [5, 5.41) is 0.00593. The molecule has 0 saturated carbocycles. The van der Waals surface area contributed by atoms with E-state index in [0.29, 0.717) is 12.4 Å². The number of hydrogen-bond acceptors (Lipinski definition) is 4.